The Hall–Kier alpha value is -1.84. The number of rotatable bonds is 3. The molecule has 0 aliphatic heterocycles. The maximum absolute atomic E-state index is 11.9. The molecule has 0 aliphatic rings. The van der Waals surface area contributed by atoms with E-state index in [2.05, 4.69) is 5.32 Å². The third-order valence-corrected chi connectivity index (χ3v) is 2.48. The van der Waals surface area contributed by atoms with Gasteiger partial charge >= 0.3 is 5.97 Å². The molecule has 1 aromatic carbocycles. The second-order valence-corrected chi connectivity index (χ2v) is 5.11. The van der Waals surface area contributed by atoms with Gasteiger partial charge in [-0.3, -0.25) is 4.79 Å². The molecular formula is C14H19NO3. The van der Waals surface area contributed by atoms with E-state index in [0.717, 1.165) is 17.5 Å². The monoisotopic (exact) mass is 249 g/mol. The molecule has 0 unspecified atom stereocenters. The van der Waals surface area contributed by atoms with Crippen molar-refractivity contribution in [1.29, 1.82) is 0 Å². The number of hydrogen-bond acceptors (Lipinski definition) is 4. The molecule has 0 amide bonds. The smallest absolute Gasteiger partial charge is 0.338 e. The van der Waals surface area contributed by atoms with Crippen LogP contribution in [0.3, 0.4) is 0 Å². The molecule has 0 aromatic heterocycles. The highest BCUT2D eigenvalue weighted by Gasteiger charge is 2.19. The van der Waals surface area contributed by atoms with E-state index in [9.17, 15) is 9.59 Å². The molecule has 0 spiro atoms. The Morgan fingerprint density at radius 2 is 1.94 bits per heavy atom. The number of anilines is 1. The number of carbonyl (C=O) groups excluding carboxylic acids is 2. The van der Waals surface area contributed by atoms with E-state index in [1.54, 1.807) is 40.0 Å². The molecule has 4 heteroatoms. The fourth-order valence-corrected chi connectivity index (χ4v) is 1.57. The van der Waals surface area contributed by atoms with Gasteiger partial charge in [0.15, 0.2) is 0 Å². The minimum Gasteiger partial charge on any atom is -0.456 e. The van der Waals surface area contributed by atoms with Gasteiger partial charge in [0.05, 0.1) is 5.56 Å². The lowest BCUT2D eigenvalue weighted by Gasteiger charge is -2.20. The van der Waals surface area contributed by atoms with Gasteiger partial charge in [0, 0.05) is 18.3 Å². The maximum atomic E-state index is 11.9. The van der Waals surface area contributed by atoms with Crippen LogP contribution in [0.4, 0.5) is 5.69 Å². The van der Waals surface area contributed by atoms with Crippen LogP contribution in [0.1, 0.15) is 47.1 Å². The highest BCUT2D eigenvalue weighted by Crippen LogP contribution is 2.22. The predicted octanol–water partition coefficient (Wildman–Crippen LogP) is 2.80. The van der Waals surface area contributed by atoms with Crippen molar-refractivity contribution in [2.24, 2.45) is 0 Å². The highest BCUT2D eigenvalue weighted by molar-refractivity contribution is 5.94. The molecule has 0 heterocycles. The van der Waals surface area contributed by atoms with Gasteiger partial charge in [0.1, 0.15) is 11.9 Å². The summed E-state index contributed by atoms with van der Waals surface area (Å²) < 4.78 is 5.28. The number of hydrogen-bond donors (Lipinski definition) is 1. The molecule has 98 valence electrons. The molecule has 1 rings (SSSR count). The fraction of sp³-hybridized carbons (Fsp3) is 0.429. The molecule has 1 N–H and O–H groups in total. The molecule has 0 aliphatic carbocycles. The Kier molecular flexibility index (Phi) is 4.11. The molecule has 18 heavy (non-hydrogen) atoms. The zero-order chi connectivity index (χ0) is 13.9. The number of carbonyl (C=O) groups is 2. The van der Waals surface area contributed by atoms with Crippen molar-refractivity contribution < 1.29 is 14.3 Å². The molecule has 0 bridgehead atoms. The lowest BCUT2D eigenvalue weighted by molar-refractivity contribution is 0.00696. The number of benzene rings is 1. The van der Waals surface area contributed by atoms with Gasteiger partial charge in [-0.05, 0) is 45.4 Å². The van der Waals surface area contributed by atoms with E-state index in [1.165, 1.54) is 0 Å². The zero-order valence-electron chi connectivity index (χ0n) is 11.5. The van der Waals surface area contributed by atoms with Gasteiger partial charge in [-0.2, -0.15) is 0 Å². The maximum Gasteiger partial charge on any atom is 0.338 e. The Balaban J connectivity index is 3.18. The van der Waals surface area contributed by atoms with E-state index >= 15 is 0 Å². The topological polar surface area (TPSA) is 55.4 Å². The first-order valence-corrected chi connectivity index (χ1v) is 5.79. The quantitative estimate of drug-likeness (QED) is 0.661. The molecule has 0 saturated heterocycles. The summed E-state index contributed by atoms with van der Waals surface area (Å²) in [5.41, 5.74) is 1.88. The zero-order valence-corrected chi connectivity index (χ0v) is 11.5. The summed E-state index contributed by atoms with van der Waals surface area (Å²) in [6.07, 6.45) is 0.740. The van der Waals surface area contributed by atoms with Gasteiger partial charge < -0.3 is 10.1 Å². The van der Waals surface area contributed by atoms with Crippen LogP contribution in [-0.2, 0) is 4.74 Å². The lowest BCUT2D eigenvalue weighted by Crippen LogP contribution is -2.24. The Morgan fingerprint density at radius 1 is 1.33 bits per heavy atom. The van der Waals surface area contributed by atoms with Crippen molar-refractivity contribution in [3.8, 4) is 0 Å². The molecule has 1 aromatic rings. The molecule has 0 saturated carbocycles. The van der Waals surface area contributed by atoms with Gasteiger partial charge in [0.25, 0.3) is 0 Å². The summed E-state index contributed by atoms with van der Waals surface area (Å²) in [4.78, 5) is 22.9. The van der Waals surface area contributed by atoms with E-state index < -0.39 is 11.6 Å². The normalized spacial score (nSPS) is 10.9. The van der Waals surface area contributed by atoms with Crippen molar-refractivity contribution in [3.63, 3.8) is 0 Å². The summed E-state index contributed by atoms with van der Waals surface area (Å²) >= 11 is 0. The summed E-state index contributed by atoms with van der Waals surface area (Å²) in [5, 5.41) is 2.96. The Bertz CT molecular complexity index is 473. The summed E-state index contributed by atoms with van der Waals surface area (Å²) in [5.74, 6) is -0.429. The van der Waals surface area contributed by atoms with Crippen LogP contribution in [0.2, 0.25) is 0 Å². The molecule has 0 atom stereocenters. The van der Waals surface area contributed by atoms with Crippen molar-refractivity contribution in [2.45, 2.75) is 33.3 Å². The third kappa shape index (κ3) is 3.32. The van der Waals surface area contributed by atoms with Crippen LogP contribution < -0.4 is 5.32 Å². The van der Waals surface area contributed by atoms with Crippen LogP contribution in [-0.4, -0.2) is 24.9 Å². The van der Waals surface area contributed by atoms with Crippen LogP contribution in [0.15, 0.2) is 12.1 Å². The van der Waals surface area contributed by atoms with E-state index in [4.69, 9.17) is 4.74 Å². The fourth-order valence-electron chi connectivity index (χ4n) is 1.57. The second-order valence-electron chi connectivity index (χ2n) is 5.11. The average molecular weight is 249 g/mol. The van der Waals surface area contributed by atoms with Gasteiger partial charge in [-0.1, -0.05) is 0 Å². The van der Waals surface area contributed by atoms with Crippen LogP contribution in [0, 0.1) is 6.92 Å². The van der Waals surface area contributed by atoms with E-state index in [-0.39, 0.29) is 0 Å². The summed E-state index contributed by atoms with van der Waals surface area (Å²) in [7, 11) is 1.75. The third-order valence-electron chi connectivity index (χ3n) is 2.48. The average Bonchev–Trinajstić information content (AvgIpc) is 2.27. The first kappa shape index (κ1) is 14.2. The van der Waals surface area contributed by atoms with Crippen molar-refractivity contribution in [1.82, 2.24) is 0 Å². The number of esters is 1. The van der Waals surface area contributed by atoms with Gasteiger partial charge in [0.2, 0.25) is 0 Å². The molecule has 0 fully saturated rings. The van der Waals surface area contributed by atoms with Gasteiger partial charge in [-0.25, -0.2) is 4.79 Å². The van der Waals surface area contributed by atoms with Crippen LogP contribution in [0.25, 0.3) is 0 Å². The second kappa shape index (κ2) is 5.21. The Labute approximate surface area is 107 Å². The Morgan fingerprint density at radius 3 is 2.39 bits per heavy atom. The lowest BCUT2D eigenvalue weighted by atomic mass is 10.0. The number of aldehydes is 1. The van der Waals surface area contributed by atoms with Crippen LogP contribution in [0.5, 0.6) is 0 Å². The summed E-state index contributed by atoms with van der Waals surface area (Å²) in [6, 6.07) is 3.24. The van der Waals surface area contributed by atoms with Crippen LogP contribution >= 0.6 is 0 Å². The van der Waals surface area contributed by atoms with Crippen molar-refractivity contribution in [3.05, 3.63) is 28.8 Å². The predicted molar refractivity (Wildman–Crippen MR) is 71.3 cm³/mol. The molecular weight excluding hydrogens is 230 g/mol. The summed E-state index contributed by atoms with van der Waals surface area (Å²) in [6.45, 7) is 7.24. The molecule has 0 radical (unpaired) electrons. The standard InChI is InChI=1S/C14H19NO3/c1-9-11(8-16)6-10(7-12(9)15-5)13(17)18-14(2,3)4/h6-8,15H,1-5H3. The van der Waals surface area contributed by atoms with Crippen molar-refractivity contribution in [2.75, 3.05) is 12.4 Å². The minimum atomic E-state index is -0.552. The minimum absolute atomic E-state index is 0.377. The number of nitrogens with one attached hydrogen (secondary N) is 1. The first-order valence-electron chi connectivity index (χ1n) is 5.79. The molecule has 4 nitrogen and oxygen atoms in total. The van der Waals surface area contributed by atoms with E-state index in [0.29, 0.717) is 11.1 Å². The van der Waals surface area contributed by atoms with E-state index in [1.807, 2.05) is 6.92 Å². The SMILES string of the molecule is CNc1cc(C(=O)OC(C)(C)C)cc(C=O)c1C. The highest BCUT2D eigenvalue weighted by atomic mass is 16.6. The number of ether oxygens (including phenoxy) is 1. The van der Waals surface area contributed by atoms with Gasteiger partial charge in [-0.15, -0.1) is 0 Å². The van der Waals surface area contributed by atoms with Crippen molar-refractivity contribution >= 4 is 17.9 Å². The first-order chi connectivity index (χ1) is 8.28. The largest absolute Gasteiger partial charge is 0.456 e.